The second kappa shape index (κ2) is 6.62. The van der Waals surface area contributed by atoms with Crippen LogP contribution in [-0.4, -0.2) is 28.1 Å². The molecule has 3 N–H and O–H groups in total. The minimum atomic E-state index is -1.06. The van der Waals surface area contributed by atoms with Gasteiger partial charge in [-0.15, -0.1) is 11.3 Å². The number of aromatic carboxylic acids is 1. The highest BCUT2D eigenvalue weighted by Gasteiger charge is 2.11. The van der Waals surface area contributed by atoms with Crippen LogP contribution in [0.1, 0.15) is 21.6 Å². The molecule has 0 aliphatic heterocycles. The van der Waals surface area contributed by atoms with Crippen LogP contribution in [0.3, 0.4) is 0 Å². The Labute approximate surface area is 123 Å². The van der Waals surface area contributed by atoms with Gasteiger partial charge in [-0.25, -0.2) is 9.78 Å². The van der Waals surface area contributed by atoms with Crippen molar-refractivity contribution in [2.45, 2.75) is 6.61 Å². The lowest BCUT2D eigenvalue weighted by molar-refractivity contribution is 0.0688. The molecule has 0 aliphatic rings. The number of carboxylic acid groups (broad SMARTS) is 1. The van der Waals surface area contributed by atoms with Crippen LogP contribution >= 0.6 is 11.3 Å². The predicted octanol–water partition coefficient (Wildman–Crippen LogP) is 1.45. The van der Waals surface area contributed by atoms with Gasteiger partial charge in [0.25, 0.3) is 6.29 Å². The Morgan fingerprint density at radius 1 is 1.48 bits per heavy atom. The number of nitrogens with zero attached hydrogens (tertiary/aromatic N) is 2. The quantitative estimate of drug-likeness (QED) is 0.616. The molecule has 0 amide bonds. The van der Waals surface area contributed by atoms with Crippen molar-refractivity contribution in [2.24, 2.45) is 5.16 Å². The van der Waals surface area contributed by atoms with Gasteiger partial charge in [0, 0.05) is 10.9 Å². The van der Waals surface area contributed by atoms with E-state index in [4.69, 9.17) is 15.7 Å². The molecule has 0 spiro atoms. The number of carboxylic acids is 1. The Morgan fingerprint density at radius 2 is 2.24 bits per heavy atom. The minimum Gasteiger partial charge on any atom is -0.478 e. The molecule has 1 heterocycles. The smallest absolute Gasteiger partial charge is 0.336 e. The summed E-state index contributed by atoms with van der Waals surface area (Å²) in [5, 5.41) is 14.5. The molecule has 2 aromatic rings. The molecule has 107 valence electrons. The molecule has 8 heteroatoms. The summed E-state index contributed by atoms with van der Waals surface area (Å²) in [4.78, 5) is 30.7. The number of oxime groups is 1. The maximum atomic E-state index is 11.0. The van der Waals surface area contributed by atoms with Gasteiger partial charge >= 0.3 is 5.97 Å². The van der Waals surface area contributed by atoms with Crippen molar-refractivity contribution in [2.75, 3.05) is 5.73 Å². The first-order valence-corrected chi connectivity index (χ1v) is 6.60. The summed E-state index contributed by atoms with van der Waals surface area (Å²) in [5.41, 5.74) is 6.15. The normalized spacial score (nSPS) is 11.1. The molecule has 1 radical (unpaired) electrons. The number of nitrogen functional groups attached to an aromatic ring is 1. The number of aromatic nitrogens is 1. The summed E-state index contributed by atoms with van der Waals surface area (Å²) < 4.78 is 0. The molecule has 0 fully saturated rings. The number of hydrogen-bond donors (Lipinski definition) is 2. The Balaban J connectivity index is 2.11. The lowest BCUT2D eigenvalue weighted by Crippen LogP contribution is -2.06. The number of rotatable bonds is 6. The maximum Gasteiger partial charge on any atom is 0.336 e. The number of benzene rings is 1. The fourth-order valence-corrected chi connectivity index (χ4v) is 2.08. The van der Waals surface area contributed by atoms with Crippen LogP contribution in [0.25, 0.3) is 0 Å². The number of thiazole rings is 1. The molecular formula is C13H10N3O4S. The molecule has 0 saturated heterocycles. The highest BCUT2D eigenvalue weighted by atomic mass is 32.1. The van der Waals surface area contributed by atoms with Gasteiger partial charge < -0.3 is 15.7 Å². The van der Waals surface area contributed by atoms with Crippen LogP contribution in [0, 0.1) is 0 Å². The number of nitrogens with two attached hydrogens (primary N) is 1. The largest absolute Gasteiger partial charge is 0.478 e. The zero-order chi connectivity index (χ0) is 15.2. The second-order valence-electron chi connectivity index (χ2n) is 3.85. The summed E-state index contributed by atoms with van der Waals surface area (Å²) >= 11 is 1.16. The van der Waals surface area contributed by atoms with E-state index < -0.39 is 5.97 Å². The van der Waals surface area contributed by atoms with Crippen molar-refractivity contribution < 1.29 is 19.5 Å². The SMILES string of the molecule is Nc1nc(/C([C]=O)=N\OCc2ccccc2C(=O)O)cs1. The van der Waals surface area contributed by atoms with Crippen LogP contribution in [0.4, 0.5) is 5.13 Å². The van der Waals surface area contributed by atoms with Crippen molar-refractivity contribution in [1.82, 2.24) is 4.98 Å². The van der Waals surface area contributed by atoms with Crippen molar-refractivity contribution in [3.05, 3.63) is 46.5 Å². The molecule has 1 aromatic carbocycles. The molecule has 1 aromatic heterocycles. The van der Waals surface area contributed by atoms with Crippen molar-refractivity contribution >= 4 is 34.4 Å². The van der Waals surface area contributed by atoms with E-state index in [0.29, 0.717) is 10.7 Å². The van der Waals surface area contributed by atoms with Crippen molar-refractivity contribution in [3.8, 4) is 0 Å². The summed E-state index contributed by atoms with van der Waals surface area (Å²) in [6.45, 7) is -0.0900. The average molecular weight is 304 g/mol. The molecule has 0 unspecified atom stereocenters. The molecule has 21 heavy (non-hydrogen) atoms. The van der Waals surface area contributed by atoms with Gasteiger partial charge in [-0.1, -0.05) is 23.4 Å². The van der Waals surface area contributed by atoms with Gasteiger partial charge in [0.2, 0.25) is 0 Å². The number of carbonyl (C=O) groups is 1. The summed E-state index contributed by atoms with van der Waals surface area (Å²) in [6, 6.07) is 6.35. The molecule has 0 aliphatic carbocycles. The zero-order valence-electron chi connectivity index (χ0n) is 10.6. The topological polar surface area (TPSA) is 115 Å². The van der Waals surface area contributed by atoms with Gasteiger partial charge in [0.15, 0.2) is 10.8 Å². The van der Waals surface area contributed by atoms with E-state index in [2.05, 4.69) is 10.1 Å². The first-order chi connectivity index (χ1) is 10.1. The van der Waals surface area contributed by atoms with E-state index >= 15 is 0 Å². The molecule has 7 nitrogen and oxygen atoms in total. The van der Waals surface area contributed by atoms with E-state index in [1.807, 2.05) is 0 Å². The Hall–Kier alpha value is -2.74. The number of anilines is 1. The van der Waals surface area contributed by atoms with E-state index in [0.717, 1.165) is 11.3 Å². The van der Waals surface area contributed by atoms with Gasteiger partial charge in [-0.05, 0) is 6.07 Å². The maximum absolute atomic E-state index is 11.0. The molecule has 0 saturated carbocycles. The van der Waals surface area contributed by atoms with E-state index in [-0.39, 0.29) is 23.6 Å². The first-order valence-electron chi connectivity index (χ1n) is 5.72. The van der Waals surface area contributed by atoms with E-state index in [9.17, 15) is 9.59 Å². The molecule has 2 rings (SSSR count). The van der Waals surface area contributed by atoms with Gasteiger partial charge in [0.1, 0.15) is 12.3 Å². The van der Waals surface area contributed by atoms with Gasteiger partial charge in [-0.2, -0.15) is 0 Å². The average Bonchev–Trinajstić information content (AvgIpc) is 2.90. The van der Waals surface area contributed by atoms with Crippen LogP contribution in [0.5, 0.6) is 0 Å². The summed E-state index contributed by atoms with van der Waals surface area (Å²) in [6.07, 6.45) is 1.60. The standard InChI is InChI=1S/C13H10N3O4S/c14-13-15-11(7-21-13)10(5-17)16-20-6-8-3-1-2-4-9(8)12(18)19/h1-4,7H,6H2,(H2,14,15)(H,18,19)/b16-10-. The van der Waals surface area contributed by atoms with Crippen LogP contribution in [0.15, 0.2) is 34.8 Å². The third kappa shape index (κ3) is 3.63. The van der Waals surface area contributed by atoms with E-state index in [1.165, 1.54) is 6.07 Å². The first kappa shape index (κ1) is 14.7. The fraction of sp³-hybridized carbons (Fsp3) is 0.0769. The Kier molecular flexibility index (Phi) is 4.62. The van der Waals surface area contributed by atoms with E-state index in [1.54, 1.807) is 29.9 Å². The monoisotopic (exact) mass is 304 g/mol. The van der Waals surface area contributed by atoms with Gasteiger partial charge in [0.05, 0.1) is 5.56 Å². The number of carbonyl (C=O) groups excluding carboxylic acids is 1. The number of hydrogen-bond acceptors (Lipinski definition) is 7. The molecule has 0 atom stereocenters. The summed E-state index contributed by atoms with van der Waals surface area (Å²) in [5.74, 6) is -1.06. The fourth-order valence-electron chi connectivity index (χ4n) is 1.54. The summed E-state index contributed by atoms with van der Waals surface area (Å²) in [7, 11) is 0. The Bertz CT molecular complexity index is 696. The Morgan fingerprint density at radius 3 is 2.86 bits per heavy atom. The lowest BCUT2D eigenvalue weighted by atomic mass is 10.1. The highest BCUT2D eigenvalue weighted by molar-refractivity contribution is 7.13. The minimum absolute atomic E-state index is 0.0900. The van der Waals surface area contributed by atoms with Crippen LogP contribution in [0.2, 0.25) is 0 Å². The zero-order valence-corrected chi connectivity index (χ0v) is 11.5. The third-order valence-corrected chi connectivity index (χ3v) is 3.16. The molecular weight excluding hydrogens is 294 g/mol. The third-order valence-electron chi connectivity index (χ3n) is 2.48. The van der Waals surface area contributed by atoms with Crippen LogP contribution in [-0.2, 0) is 16.2 Å². The lowest BCUT2D eigenvalue weighted by Gasteiger charge is -2.04. The molecule has 0 bridgehead atoms. The van der Waals surface area contributed by atoms with Crippen molar-refractivity contribution in [3.63, 3.8) is 0 Å². The second-order valence-corrected chi connectivity index (χ2v) is 4.74. The highest BCUT2D eigenvalue weighted by Crippen LogP contribution is 2.13. The van der Waals surface area contributed by atoms with Crippen LogP contribution < -0.4 is 5.73 Å². The van der Waals surface area contributed by atoms with Gasteiger partial charge in [-0.3, -0.25) is 4.79 Å². The predicted molar refractivity (Wildman–Crippen MR) is 76.9 cm³/mol. The van der Waals surface area contributed by atoms with Crippen molar-refractivity contribution in [1.29, 1.82) is 0 Å².